The van der Waals surface area contributed by atoms with E-state index in [1.165, 1.54) is 0 Å². The molecule has 1 aromatic rings. The molecule has 0 unspecified atom stereocenters. The fraction of sp³-hybridized carbons (Fsp3) is 0.529. The van der Waals surface area contributed by atoms with Crippen LogP contribution in [0.2, 0.25) is 5.02 Å². The summed E-state index contributed by atoms with van der Waals surface area (Å²) in [7, 11) is 1.71. The van der Waals surface area contributed by atoms with Gasteiger partial charge in [0.25, 0.3) is 5.91 Å². The van der Waals surface area contributed by atoms with Gasteiger partial charge >= 0.3 is 0 Å². The Bertz CT molecular complexity index is 584. The van der Waals surface area contributed by atoms with Crippen molar-refractivity contribution in [2.75, 3.05) is 13.7 Å². The molecule has 6 heteroatoms. The number of benzene rings is 1. The number of morpholine rings is 1. The number of nitrogens with zero attached hydrogens (tertiary/aromatic N) is 1. The summed E-state index contributed by atoms with van der Waals surface area (Å²) in [5, 5.41) is 3.68. The van der Waals surface area contributed by atoms with E-state index in [2.05, 4.69) is 5.32 Å². The number of likely N-dealkylation sites (N-methyl/N-ethyl adjacent to an activating group) is 1. The molecule has 1 saturated heterocycles. The SMILES string of the molecule is CN1C(=O)CO[C@@H](C(=O)NC2CCCC2)[C@@H]1c1ccc(Cl)cc1. The fourth-order valence-electron chi connectivity index (χ4n) is 3.34. The van der Waals surface area contributed by atoms with Crippen molar-refractivity contribution in [2.45, 2.75) is 43.9 Å². The van der Waals surface area contributed by atoms with Gasteiger partial charge in [0.1, 0.15) is 6.61 Å². The molecule has 5 nitrogen and oxygen atoms in total. The van der Waals surface area contributed by atoms with Crippen LogP contribution in [0.5, 0.6) is 0 Å². The van der Waals surface area contributed by atoms with E-state index in [0.29, 0.717) is 5.02 Å². The molecule has 0 bridgehead atoms. The van der Waals surface area contributed by atoms with Gasteiger partial charge in [-0.15, -0.1) is 0 Å². The lowest BCUT2D eigenvalue weighted by Crippen LogP contribution is -2.54. The quantitative estimate of drug-likeness (QED) is 0.921. The van der Waals surface area contributed by atoms with Gasteiger partial charge in [-0.25, -0.2) is 0 Å². The summed E-state index contributed by atoms with van der Waals surface area (Å²) in [5.41, 5.74) is 0.844. The van der Waals surface area contributed by atoms with Crippen molar-refractivity contribution in [1.82, 2.24) is 10.2 Å². The molecular formula is C17H21ClN2O3. The predicted molar refractivity (Wildman–Crippen MR) is 87.1 cm³/mol. The highest BCUT2D eigenvalue weighted by Gasteiger charge is 2.40. The van der Waals surface area contributed by atoms with Crippen LogP contribution >= 0.6 is 11.6 Å². The first-order chi connectivity index (χ1) is 11.1. The van der Waals surface area contributed by atoms with E-state index in [-0.39, 0.29) is 24.5 Å². The number of hydrogen-bond acceptors (Lipinski definition) is 3. The number of ether oxygens (including phenoxy) is 1. The molecule has 124 valence electrons. The molecule has 1 heterocycles. The topological polar surface area (TPSA) is 58.6 Å². The molecule has 0 spiro atoms. The van der Waals surface area contributed by atoms with Crippen molar-refractivity contribution in [3.63, 3.8) is 0 Å². The normalized spacial score (nSPS) is 25.7. The van der Waals surface area contributed by atoms with Crippen LogP contribution in [0.25, 0.3) is 0 Å². The first-order valence-electron chi connectivity index (χ1n) is 7.99. The van der Waals surface area contributed by atoms with Crippen LogP contribution in [0.3, 0.4) is 0 Å². The number of halogens is 1. The second-order valence-corrected chi connectivity index (χ2v) is 6.66. The van der Waals surface area contributed by atoms with Crippen molar-refractivity contribution < 1.29 is 14.3 Å². The van der Waals surface area contributed by atoms with E-state index in [9.17, 15) is 9.59 Å². The van der Waals surface area contributed by atoms with Crippen LogP contribution in [0.1, 0.15) is 37.3 Å². The van der Waals surface area contributed by atoms with Crippen LogP contribution in [-0.4, -0.2) is 42.5 Å². The van der Waals surface area contributed by atoms with Crippen molar-refractivity contribution in [1.29, 1.82) is 0 Å². The van der Waals surface area contributed by atoms with E-state index < -0.39 is 12.1 Å². The maximum atomic E-state index is 12.7. The highest BCUT2D eigenvalue weighted by molar-refractivity contribution is 6.30. The Morgan fingerprint density at radius 3 is 2.57 bits per heavy atom. The summed E-state index contributed by atoms with van der Waals surface area (Å²) in [6.07, 6.45) is 3.63. The van der Waals surface area contributed by atoms with E-state index in [4.69, 9.17) is 16.3 Å². The summed E-state index contributed by atoms with van der Waals surface area (Å²) >= 11 is 5.94. The third-order valence-electron chi connectivity index (χ3n) is 4.66. The summed E-state index contributed by atoms with van der Waals surface area (Å²) in [6.45, 7) is -0.0661. The fourth-order valence-corrected chi connectivity index (χ4v) is 3.47. The Kier molecular flexibility index (Phi) is 4.87. The number of carbonyl (C=O) groups is 2. The third-order valence-corrected chi connectivity index (χ3v) is 4.91. The van der Waals surface area contributed by atoms with Crippen LogP contribution in [-0.2, 0) is 14.3 Å². The van der Waals surface area contributed by atoms with Crippen LogP contribution in [0, 0.1) is 0 Å². The number of rotatable bonds is 3. The molecule has 1 saturated carbocycles. The molecule has 0 aromatic heterocycles. The largest absolute Gasteiger partial charge is 0.356 e. The number of carbonyl (C=O) groups excluding carboxylic acids is 2. The van der Waals surface area contributed by atoms with Gasteiger partial charge in [-0.2, -0.15) is 0 Å². The molecule has 2 aliphatic rings. The summed E-state index contributed by atoms with van der Waals surface area (Å²) in [6, 6.07) is 6.98. The molecule has 1 aliphatic carbocycles. The zero-order valence-corrected chi connectivity index (χ0v) is 13.9. The van der Waals surface area contributed by atoms with Gasteiger partial charge in [0.05, 0.1) is 6.04 Å². The van der Waals surface area contributed by atoms with Gasteiger partial charge in [-0.3, -0.25) is 9.59 Å². The zero-order chi connectivity index (χ0) is 16.4. The van der Waals surface area contributed by atoms with Crippen molar-refractivity contribution in [2.24, 2.45) is 0 Å². The van der Waals surface area contributed by atoms with Crippen molar-refractivity contribution >= 4 is 23.4 Å². The summed E-state index contributed by atoms with van der Waals surface area (Å²) < 4.78 is 5.59. The third kappa shape index (κ3) is 3.51. The van der Waals surface area contributed by atoms with Crippen molar-refractivity contribution in [3.05, 3.63) is 34.9 Å². The Morgan fingerprint density at radius 2 is 1.91 bits per heavy atom. The molecule has 2 amide bonds. The molecule has 1 aromatic carbocycles. The highest BCUT2D eigenvalue weighted by Crippen LogP contribution is 2.30. The average Bonchev–Trinajstić information content (AvgIpc) is 3.04. The Balaban J connectivity index is 1.81. The molecule has 1 aliphatic heterocycles. The molecule has 3 rings (SSSR count). The Morgan fingerprint density at radius 1 is 1.26 bits per heavy atom. The van der Waals surface area contributed by atoms with Crippen LogP contribution in [0.4, 0.5) is 0 Å². The minimum atomic E-state index is -0.695. The number of amides is 2. The number of hydrogen-bond donors (Lipinski definition) is 1. The first kappa shape index (κ1) is 16.3. The first-order valence-corrected chi connectivity index (χ1v) is 8.37. The monoisotopic (exact) mass is 336 g/mol. The lowest BCUT2D eigenvalue weighted by atomic mass is 9.97. The van der Waals surface area contributed by atoms with Crippen molar-refractivity contribution in [3.8, 4) is 0 Å². The van der Waals surface area contributed by atoms with E-state index >= 15 is 0 Å². The van der Waals surface area contributed by atoms with E-state index in [1.807, 2.05) is 12.1 Å². The molecule has 2 atom stereocenters. The minimum Gasteiger partial charge on any atom is -0.356 e. The van der Waals surface area contributed by atoms with E-state index in [1.54, 1.807) is 24.1 Å². The lowest BCUT2D eigenvalue weighted by molar-refractivity contribution is -0.162. The molecule has 23 heavy (non-hydrogen) atoms. The maximum Gasteiger partial charge on any atom is 0.251 e. The van der Waals surface area contributed by atoms with Crippen LogP contribution in [0.15, 0.2) is 24.3 Å². The standard InChI is InChI=1S/C17H21ClN2O3/c1-20-14(21)10-23-16(17(22)19-13-4-2-3-5-13)15(20)11-6-8-12(18)9-7-11/h6-9,13,15-16H,2-5,10H2,1H3,(H,19,22)/t15-,16+/m0/s1. The van der Waals surface area contributed by atoms with Gasteiger partial charge in [0.15, 0.2) is 6.10 Å². The highest BCUT2D eigenvalue weighted by atomic mass is 35.5. The van der Waals surface area contributed by atoms with Gasteiger partial charge < -0.3 is 15.0 Å². The van der Waals surface area contributed by atoms with Gasteiger partial charge in [-0.1, -0.05) is 36.6 Å². The molecule has 1 N–H and O–H groups in total. The van der Waals surface area contributed by atoms with Gasteiger partial charge in [-0.05, 0) is 30.5 Å². The van der Waals surface area contributed by atoms with Crippen LogP contribution < -0.4 is 5.32 Å². The molecule has 0 radical (unpaired) electrons. The smallest absolute Gasteiger partial charge is 0.251 e. The van der Waals surface area contributed by atoms with Gasteiger partial charge in [0.2, 0.25) is 5.91 Å². The second-order valence-electron chi connectivity index (χ2n) is 6.22. The molecular weight excluding hydrogens is 316 g/mol. The van der Waals surface area contributed by atoms with Gasteiger partial charge in [0, 0.05) is 18.1 Å². The maximum absolute atomic E-state index is 12.7. The second kappa shape index (κ2) is 6.89. The predicted octanol–water partition coefficient (Wildman–Crippen LogP) is 2.30. The number of nitrogens with one attached hydrogen (secondary N) is 1. The Labute approximate surface area is 140 Å². The summed E-state index contributed by atoms with van der Waals surface area (Å²) in [5.74, 6) is -0.272. The minimum absolute atomic E-state index is 0.0661. The van der Waals surface area contributed by atoms with E-state index in [0.717, 1.165) is 31.2 Å². The molecule has 2 fully saturated rings. The Hall–Kier alpha value is -1.59. The average molecular weight is 337 g/mol. The summed E-state index contributed by atoms with van der Waals surface area (Å²) in [4.78, 5) is 26.2. The zero-order valence-electron chi connectivity index (χ0n) is 13.1. The lowest BCUT2D eigenvalue weighted by Gasteiger charge is -2.38.